The topological polar surface area (TPSA) is 99.8 Å². The van der Waals surface area contributed by atoms with Gasteiger partial charge in [0.25, 0.3) is 5.91 Å². The molecule has 1 aliphatic rings. The standard InChI is InChI=1S/C25H22ClN3O5/c26-18-4-1-16(2-5-18)21-7-8-22(33-21)24(31)29-13-11-28(12-14-29)10-9-20(30)17-3-6-19-23(15-17)34-25(32)27-19/h1-8,15H,9-14H2,(H,27,32). The molecule has 0 radical (unpaired) electrons. The lowest BCUT2D eigenvalue weighted by Gasteiger charge is -2.34. The molecule has 0 unspecified atom stereocenters. The van der Waals surface area contributed by atoms with Crippen molar-refractivity contribution in [1.29, 1.82) is 0 Å². The molecule has 0 saturated carbocycles. The Hall–Kier alpha value is -3.62. The van der Waals surface area contributed by atoms with E-state index in [1.807, 2.05) is 12.1 Å². The Bertz CT molecular complexity index is 1390. The highest BCUT2D eigenvalue weighted by Crippen LogP contribution is 2.25. The molecule has 0 aliphatic carbocycles. The maximum Gasteiger partial charge on any atom is 0.417 e. The van der Waals surface area contributed by atoms with Crippen molar-refractivity contribution in [2.24, 2.45) is 0 Å². The van der Waals surface area contributed by atoms with E-state index in [-0.39, 0.29) is 11.7 Å². The first kappa shape index (κ1) is 22.2. The average Bonchev–Trinajstić information content (AvgIpc) is 3.48. The van der Waals surface area contributed by atoms with Gasteiger partial charge in [0.15, 0.2) is 17.1 Å². The molecule has 34 heavy (non-hydrogen) atoms. The number of nitrogens with one attached hydrogen (secondary N) is 1. The van der Waals surface area contributed by atoms with Crippen molar-refractivity contribution in [2.75, 3.05) is 32.7 Å². The van der Waals surface area contributed by atoms with E-state index in [0.29, 0.717) is 72.4 Å². The smallest absolute Gasteiger partial charge is 0.417 e. The van der Waals surface area contributed by atoms with E-state index < -0.39 is 5.76 Å². The number of hydrogen-bond acceptors (Lipinski definition) is 6. The summed E-state index contributed by atoms with van der Waals surface area (Å²) in [7, 11) is 0. The quantitative estimate of drug-likeness (QED) is 0.418. The Morgan fingerprint density at radius 3 is 2.47 bits per heavy atom. The fourth-order valence-corrected chi connectivity index (χ4v) is 4.20. The van der Waals surface area contributed by atoms with Gasteiger partial charge in [0, 0.05) is 55.3 Å². The number of aromatic amines is 1. The van der Waals surface area contributed by atoms with E-state index in [9.17, 15) is 14.4 Å². The molecule has 9 heteroatoms. The van der Waals surface area contributed by atoms with Gasteiger partial charge in [-0.2, -0.15) is 0 Å². The molecule has 1 N–H and O–H groups in total. The zero-order valence-electron chi connectivity index (χ0n) is 18.3. The second kappa shape index (κ2) is 9.32. The van der Waals surface area contributed by atoms with E-state index in [2.05, 4.69) is 9.88 Å². The highest BCUT2D eigenvalue weighted by Gasteiger charge is 2.25. The molecule has 5 rings (SSSR count). The largest absolute Gasteiger partial charge is 0.451 e. The van der Waals surface area contributed by atoms with Crippen LogP contribution in [-0.4, -0.2) is 59.2 Å². The van der Waals surface area contributed by atoms with Gasteiger partial charge < -0.3 is 13.7 Å². The molecule has 1 amide bonds. The van der Waals surface area contributed by atoms with Gasteiger partial charge in [0.1, 0.15) is 5.76 Å². The Morgan fingerprint density at radius 2 is 1.71 bits per heavy atom. The van der Waals surface area contributed by atoms with Crippen molar-refractivity contribution in [2.45, 2.75) is 6.42 Å². The summed E-state index contributed by atoms with van der Waals surface area (Å²) in [6, 6.07) is 15.7. The molecule has 2 aromatic heterocycles. The highest BCUT2D eigenvalue weighted by molar-refractivity contribution is 6.30. The highest BCUT2D eigenvalue weighted by atomic mass is 35.5. The lowest BCUT2D eigenvalue weighted by molar-refractivity contribution is 0.0599. The Balaban J connectivity index is 1.13. The third-order valence-electron chi connectivity index (χ3n) is 6.00. The van der Waals surface area contributed by atoms with Crippen LogP contribution in [0, 0.1) is 0 Å². The number of carbonyl (C=O) groups excluding carboxylic acids is 2. The lowest BCUT2D eigenvalue weighted by atomic mass is 10.1. The van der Waals surface area contributed by atoms with Gasteiger partial charge in [0.05, 0.1) is 5.52 Å². The number of fused-ring (bicyclic) bond motifs is 1. The number of Topliss-reactive ketones (excluding diaryl/α,β-unsaturated/α-hetero) is 1. The molecule has 0 spiro atoms. The summed E-state index contributed by atoms with van der Waals surface area (Å²) in [5, 5.41) is 0.640. The van der Waals surface area contributed by atoms with E-state index in [4.69, 9.17) is 20.4 Å². The normalized spacial score (nSPS) is 14.6. The van der Waals surface area contributed by atoms with Crippen molar-refractivity contribution < 1.29 is 18.4 Å². The molecule has 1 saturated heterocycles. The summed E-state index contributed by atoms with van der Waals surface area (Å²) in [5.74, 6) is 0.226. The van der Waals surface area contributed by atoms with Gasteiger partial charge in [-0.3, -0.25) is 19.5 Å². The second-order valence-electron chi connectivity index (χ2n) is 8.20. The van der Waals surface area contributed by atoms with Crippen LogP contribution in [0.15, 0.2) is 68.2 Å². The molecule has 2 aromatic carbocycles. The van der Waals surface area contributed by atoms with Gasteiger partial charge in [-0.15, -0.1) is 0 Å². The number of H-pyrrole nitrogens is 1. The van der Waals surface area contributed by atoms with E-state index >= 15 is 0 Å². The molecule has 0 atom stereocenters. The number of amides is 1. The number of oxazole rings is 1. The zero-order chi connectivity index (χ0) is 23.7. The second-order valence-corrected chi connectivity index (χ2v) is 8.64. The van der Waals surface area contributed by atoms with E-state index in [0.717, 1.165) is 5.56 Å². The first-order valence-electron chi connectivity index (χ1n) is 11.0. The number of piperazine rings is 1. The van der Waals surface area contributed by atoms with Gasteiger partial charge in [-0.1, -0.05) is 11.6 Å². The van der Waals surface area contributed by atoms with Crippen LogP contribution in [-0.2, 0) is 0 Å². The van der Waals surface area contributed by atoms with Gasteiger partial charge >= 0.3 is 5.76 Å². The SMILES string of the molecule is O=C(CCN1CCN(C(=O)c2ccc(-c3ccc(Cl)cc3)o2)CC1)c1ccc2[nH]c(=O)oc2c1. The summed E-state index contributed by atoms with van der Waals surface area (Å²) in [5.41, 5.74) is 2.31. The van der Waals surface area contributed by atoms with Crippen LogP contribution in [0.2, 0.25) is 5.02 Å². The molecule has 1 aliphatic heterocycles. The number of ketones is 1. The molecule has 4 aromatic rings. The Kier molecular flexibility index (Phi) is 6.08. The number of carbonyl (C=O) groups is 2. The monoisotopic (exact) mass is 479 g/mol. The predicted molar refractivity (Wildman–Crippen MR) is 127 cm³/mol. The number of furan rings is 1. The van der Waals surface area contributed by atoms with Crippen LogP contribution in [0.3, 0.4) is 0 Å². The first-order valence-corrected chi connectivity index (χ1v) is 11.4. The molecular weight excluding hydrogens is 458 g/mol. The molecule has 174 valence electrons. The number of hydrogen-bond donors (Lipinski definition) is 1. The van der Waals surface area contributed by atoms with Crippen LogP contribution in [0.1, 0.15) is 27.3 Å². The molecule has 0 bridgehead atoms. The summed E-state index contributed by atoms with van der Waals surface area (Å²) in [4.78, 5) is 43.2. The summed E-state index contributed by atoms with van der Waals surface area (Å²) < 4.78 is 10.8. The number of nitrogens with zero attached hydrogens (tertiary/aromatic N) is 2. The van der Waals surface area contributed by atoms with E-state index in [1.54, 1.807) is 47.4 Å². The van der Waals surface area contributed by atoms with Crippen molar-refractivity contribution in [3.8, 4) is 11.3 Å². The van der Waals surface area contributed by atoms with Gasteiger partial charge in [-0.05, 0) is 54.6 Å². The summed E-state index contributed by atoms with van der Waals surface area (Å²) in [6.45, 7) is 3.07. The maximum atomic E-state index is 12.9. The minimum atomic E-state index is -0.539. The summed E-state index contributed by atoms with van der Waals surface area (Å²) >= 11 is 5.93. The maximum absolute atomic E-state index is 12.9. The van der Waals surface area contributed by atoms with Crippen molar-refractivity contribution in [3.05, 3.63) is 81.5 Å². The first-order chi connectivity index (χ1) is 16.5. The lowest BCUT2D eigenvalue weighted by Crippen LogP contribution is -2.49. The average molecular weight is 480 g/mol. The van der Waals surface area contributed by atoms with Crippen LogP contribution >= 0.6 is 11.6 Å². The molecular formula is C25H22ClN3O5. The summed E-state index contributed by atoms with van der Waals surface area (Å²) in [6.07, 6.45) is 0.344. The zero-order valence-corrected chi connectivity index (χ0v) is 19.0. The number of benzene rings is 2. The van der Waals surface area contributed by atoms with E-state index in [1.165, 1.54) is 0 Å². The third-order valence-corrected chi connectivity index (χ3v) is 6.26. The van der Waals surface area contributed by atoms with Crippen LogP contribution in [0.25, 0.3) is 22.4 Å². The fraction of sp³-hybridized carbons (Fsp3) is 0.240. The number of aromatic nitrogens is 1. The fourth-order valence-electron chi connectivity index (χ4n) is 4.08. The number of halogens is 1. The third kappa shape index (κ3) is 4.69. The van der Waals surface area contributed by atoms with Crippen molar-refractivity contribution >= 4 is 34.4 Å². The Labute approximate surface area is 199 Å². The van der Waals surface area contributed by atoms with Gasteiger partial charge in [0.2, 0.25) is 0 Å². The van der Waals surface area contributed by atoms with Gasteiger partial charge in [-0.25, -0.2) is 4.79 Å². The van der Waals surface area contributed by atoms with Crippen LogP contribution in [0.4, 0.5) is 0 Å². The van der Waals surface area contributed by atoms with Crippen molar-refractivity contribution in [3.63, 3.8) is 0 Å². The Morgan fingerprint density at radius 1 is 0.941 bits per heavy atom. The molecule has 1 fully saturated rings. The minimum absolute atomic E-state index is 0.0189. The van der Waals surface area contributed by atoms with Crippen LogP contribution in [0.5, 0.6) is 0 Å². The predicted octanol–water partition coefficient (Wildman–Crippen LogP) is 4.07. The molecule has 8 nitrogen and oxygen atoms in total. The van der Waals surface area contributed by atoms with Crippen LogP contribution < -0.4 is 5.76 Å². The number of rotatable bonds is 6. The minimum Gasteiger partial charge on any atom is -0.451 e. The van der Waals surface area contributed by atoms with Crippen molar-refractivity contribution in [1.82, 2.24) is 14.8 Å². The molecule has 3 heterocycles.